The lowest BCUT2D eigenvalue weighted by Gasteiger charge is -2.14. The minimum Gasteiger partial charge on any atom is -0.481 e. The van der Waals surface area contributed by atoms with Gasteiger partial charge in [0.15, 0.2) is 0 Å². The summed E-state index contributed by atoms with van der Waals surface area (Å²) in [4.78, 5) is 24.0. The number of fused-ring (bicyclic) bond motifs is 1. The second-order valence-corrected chi connectivity index (χ2v) is 7.50. The van der Waals surface area contributed by atoms with Gasteiger partial charge in [-0.25, -0.2) is 0 Å². The predicted octanol–water partition coefficient (Wildman–Crippen LogP) is 3.18. The first-order valence-corrected chi connectivity index (χ1v) is 9.81. The number of aryl methyl sites for hydroxylation is 2. The molecule has 0 saturated heterocycles. The molecule has 0 aliphatic rings. The van der Waals surface area contributed by atoms with E-state index in [1.165, 1.54) is 0 Å². The Bertz CT molecular complexity index is 1040. The summed E-state index contributed by atoms with van der Waals surface area (Å²) in [5.41, 5.74) is 4.01. The fourth-order valence-corrected chi connectivity index (χ4v) is 3.64. The molecule has 152 valence electrons. The van der Waals surface area contributed by atoms with Crippen LogP contribution >= 0.6 is 0 Å². The predicted molar refractivity (Wildman–Crippen MR) is 113 cm³/mol. The molecule has 0 saturated carbocycles. The number of aromatic nitrogens is 2. The van der Waals surface area contributed by atoms with E-state index in [1.807, 2.05) is 68.0 Å². The fourth-order valence-electron chi connectivity index (χ4n) is 3.64. The Morgan fingerprint density at radius 1 is 1.14 bits per heavy atom. The van der Waals surface area contributed by atoms with Crippen LogP contribution in [-0.2, 0) is 29.5 Å². The Morgan fingerprint density at radius 3 is 2.52 bits per heavy atom. The van der Waals surface area contributed by atoms with E-state index in [0.717, 1.165) is 33.3 Å². The standard InChI is InChI=1S/C23H27N3O3/c1-15-21(16(2)26(3)25-15)10-11-22(27)24-14-20(23(28)29)13-17-8-9-18-6-4-5-7-19(18)12-17/h4-9,12,20H,10-11,13-14H2,1-3H3,(H,24,27)(H,28,29). The molecule has 3 rings (SSSR count). The van der Waals surface area contributed by atoms with Crippen molar-refractivity contribution in [2.75, 3.05) is 6.54 Å². The fraction of sp³-hybridized carbons (Fsp3) is 0.348. The van der Waals surface area contributed by atoms with Crippen molar-refractivity contribution in [2.45, 2.75) is 33.1 Å². The van der Waals surface area contributed by atoms with Crippen molar-refractivity contribution in [3.63, 3.8) is 0 Å². The van der Waals surface area contributed by atoms with Gasteiger partial charge in [-0.15, -0.1) is 0 Å². The summed E-state index contributed by atoms with van der Waals surface area (Å²) in [7, 11) is 1.89. The van der Waals surface area contributed by atoms with Crippen LogP contribution in [0.1, 0.15) is 28.9 Å². The zero-order chi connectivity index (χ0) is 21.0. The second kappa shape index (κ2) is 8.90. The number of carboxylic acids is 1. The number of carbonyl (C=O) groups excluding carboxylic acids is 1. The first-order valence-electron chi connectivity index (χ1n) is 9.81. The van der Waals surface area contributed by atoms with E-state index in [2.05, 4.69) is 10.4 Å². The van der Waals surface area contributed by atoms with E-state index in [1.54, 1.807) is 0 Å². The summed E-state index contributed by atoms with van der Waals surface area (Å²) in [6.45, 7) is 4.04. The van der Waals surface area contributed by atoms with Crippen molar-refractivity contribution in [1.82, 2.24) is 15.1 Å². The maximum atomic E-state index is 12.3. The average molecular weight is 393 g/mol. The third-order valence-electron chi connectivity index (χ3n) is 5.45. The molecule has 0 radical (unpaired) electrons. The van der Waals surface area contributed by atoms with E-state index in [0.29, 0.717) is 19.3 Å². The molecule has 0 bridgehead atoms. The Balaban J connectivity index is 1.57. The quantitative estimate of drug-likeness (QED) is 0.616. The largest absolute Gasteiger partial charge is 0.481 e. The molecule has 0 spiro atoms. The second-order valence-electron chi connectivity index (χ2n) is 7.50. The van der Waals surface area contributed by atoms with Crippen LogP contribution in [-0.4, -0.2) is 33.3 Å². The van der Waals surface area contributed by atoms with Crippen molar-refractivity contribution in [2.24, 2.45) is 13.0 Å². The topological polar surface area (TPSA) is 84.2 Å². The first-order chi connectivity index (χ1) is 13.8. The molecular formula is C23H27N3O3. The third-order valence-corrected chi connectivity index (χ3v) is 5.45. The van der Waals surface area contributed by atoms with Gasteiger partial charge in [0, 0.05) is 25.7 Å². The lowest BCUT2D eigenvalue weighted by molar-refractivity contribution is -0.141. The van der Waals surface area contributed by atoms with Crippen LogP contribution in [0.2, 0.25) is 0 Å². The SMILES string of the molecule is Cc1nn(C)c(C)c1CCC(=O)NCC(Cc1ccc2ccccc2c1)C(=O)O. The number of hydrogen-bond acceptors (Lipinski definition) is 3. The Kier molecular flexibility index (Phi) is 6.32. The van der Waals surface area contributed by atoms with Gasteiger partial charge < -0.3 is 10.4 Å². The monoisotopic (exact) mass is 393 g/mol. The Hall–Kier alpha value is -3.15. The van der Waals surface area contributed by atoms with Crippen molar-refractivity contribution >= 4 is 22.6 Å². The van der Waals surface area contributed by atoms with Crippen LogP contribution in [0.15, 0.2) is 42.5 Å². The molecule has 0 aliphatic heterocycles. The number of carbonyl (C=O) groups is 2. The Morgan fingerprint density at radius 2 is 1.86 bits per heavy atom. The van der Waals surface area contributed by atoms with Gasteiger partial charge in [0.2, 0.25) is 5.91 Å². The van der Waals surface area contributed by atoms with E-state index in [9.17, 15) is 14.7 Å². The van der Waals surface area contributed by atoms with Crippen molar-refractivity contribution in [3.05, 3.63) is 65.0 Å². The third kappa shape index (κ3) is 5.02. The lowest BCUT2D eigenvalue weighted by atomic mass is 9.97. The van der Waals surface area contributed by atoms with Gasteiger partial charge in [-0.2, -0.15) is 5.10 Å². The van der Waals surface area contributed by atoms with Crippen molar-refractivity contribution in [1.29, 1.82) is 0 Å². The van der Waals surface area contributed by atoms with Crippen molar-refractivity contribution in [3.8, 4) is 0 Å². The molecule has 2 aromatic carbocycles. The summed E-state index contributed by atoms with van der Waals surface area (Å²) in [6, 6.07) is 14.0. The first kappa shape index (κ1) is 20.6. The zero-order valence-corrected chi connectivity index (χ0v) is 17.1. The highest BCUT2D eigenvalue weighted by atomic mass is 16.4. The smallest absolute Gasteiger partial charge is 0.308 e. The van der Waals surface area contributed by atoms with Gasteiger partial charge >= 0.3 is 5.97 Å². The van der Waals surface area contributed by atoms with Gasteiger partial charge in [0.25, 0.3) is 0 Å². The summed E-state index contributed by atoms with van der Waals surface area (Å²) in [6.07, 6.45) is 1.29. The molecule has 1 heterocycles. The van der Waals surface area contributed by atoms with E-state index in [4.69, 9.17) is 0 Å². The number of benzene rings is 2. The number of carboxylic acid groups (broad SMARTS) is 1. The molecule has 6 nitrogen and oxygen atoms in total. The molecule has 1 atom stereocenters. The highest BCUT2D eigenvalue weighted by Gasteiger charge is 2.19. The van der Waals surface area contributed by atoms with Crippen LogP contribution < -0.4 is 5.32 Å². The minimum atomic E-state index is -0.905. The van der Waals surface area contributed by atoms with E-state index >= 15 is 0 Å². The molecule has 1 unspecified atom stereocenters. The summed E-state index contributed by atoms with van der Waals surface area (Å²) >= 11 is 0. The number of aliphatic carboxylic acids is 1. The molecule has 0 aliphatic carbocycles. The van der Waals surface area contributed by atoms with Crippen LogP contribution in [0.5, 0.6) is 0 Å². The number of nitrogens with one attached hydrogen (secondary N) is 1. The summed E-state index contributed by atoms with van der Waals surface area (Å²) in [5, 5.41) is 18.9. The lowest BCUT2D eigenvalue weighted by Crippen LogP contribution is -2.34. The summed E-state index contributed by atoms with van der Waals surface area (Å²) in [5.74, 6) is -1.71. The van der Waals surface area contributed by atoms with Crippen LogP contribution in [0, 0.1) is 19.8 Å². The molecule has 0 fully saturated rings. The van der Waals surface area contributed by atoms with Gasteiger partial charge in [0.1, 0.15) is 0 Å². The average Bonchev–Trinajstić information content (AvgIpc) is 2.94. The molecular weight excluding hydrogens is 366 g/mol. The highest BCUT2D eigenvalue weighted by molar-refractivity contribution is 5.83. The van der Waals surface area contributed by atoms with Gasteiger partial charge in [-0.05, 0) is 48.6 Å². The van der Waals surface area contributed by atoms with Crippen molar-refractivity contribution < 1.29 is 14.7 Å². The number of amides is 1. The van der Waals surface area contributed by atoms with Gasteiger partial charge in [0.05, 0.1) is 11.6 Å². The van der Waals surface area contributed by atoms with E-state index in [-0.39, 0.29) is 12.5 Å². The normalized spacial score (nSPS) is 12.1. The molecule has 3 aromatic rings. The number of hydrogen-bond donors (Lipinski definition) is 2. The number of nitrogens with zero attached hydrogens (tertiary/aromatic N) is 2. The van der Waals surface area contributed by atoms with Crippen LogP contribution in [0.25, 0.3) is 10.8 Å². The Labute approximate surface area is 170 Å². The maximum Gasteiger partial charge on any atom is 0.308 e. The molecule has 29 heavy (non-hydrogen) atoms. The molecule has 6 heteroatoms. The molecule has 2 N–H and O–H groups in total. The number of rotatable bonds is 8. The van der Waals surface area contributed by atoms with Gasteiger partial charge in [-0.1, -0.05) is 42.5 Å². The maximum absolute atomic E-state index is 12.3. The molecule has 1 aromatic heterocycles. The highest BCUT2D eigenvalue weighted by Crippen LogP contribution is 2.18. The minimum absolute atomic E-state index is 0.117. The van der Waals surface area contributed by atoms with E-state index < -0.39 is 11.9 Å². The zero-order valence-electron chi connectivity index (χ0n) is 17.1. The summed E-state index contributed by atoms with van der Waals surface area (Å²) < 4.78 is 1.81. The molecule has 1 amide bonds. The van der Waals surface area contributed by atoms with Crippen LogP contribution in [0.3, 0.4) is 0 Å². The van der Waals surface area contributed by atoms with Crippen LogP contribution in [0.4, 0.5) is 0 Å². The van der Waals surface area contributed by atoms with Gasteiger partial charge in [-0.3, -0.25) is 14.3 Å².